The molecule has 2 saturated carbocycles. The van der Waals surface area contributed by atoms with Crippen molar-refractivity contribution >= 4 is 0 Å². The van der Waals surface area contributed by atoms with Crippen LogP contribution in [0.4, 0.5) is 0 Å². The highest BCUT2D eigenvalue weighted by Gasteiger charge is 2.25. The number of rotatable bonds is 4. The van der Waals surface area contributed by atoms with E-state index in [9.17, 15) is 0 Å². The van der Waals surface area contributed by atoms with Crippen molar-refractivity contribution in [1.29, 1.82) is 0 Å². The van der Waals surface area contributed by atoms with Gasteiger partial charge in [-0.15, -0.1) is 0 Å². The molecule has 1 nitrogen and oxygen atoms in total. The van der Waals surface area contributed by atoms with E-state index in [1.54, 1.807) is 0 Å². The lowest BCUT2D eigenvalue weighted by atomic mass is 9.80. The topological polar surface area (TPSA) is 12.0 Å². The minimum absolute atomic E-state index is 0.816. The highest BCUT2D eigenvalue weighted by Crippen LogP contribution is 2.32. The molecule has 0 saturated heterocycles. The molecule has 0 aromatic carbocycles. The first-order valence-corrected chi connectivity index (χ1v) is 8.07. The van der Waals surface area contributed by atoms with E-state index in [1.165, 1.54) is 77.0 Å². The van der Waals surface area contributed by atoms with Crippen LogP contribution in [0, 0.1) is 11.8 Å². The third kappa shape index (κ3) is 4.28. The van der Waals surface area contributed by atoms with Crippen LogP contribution in [0.1, 0.15) is 77.0 Å². The van der Waals surface area contributed by atoms with Gasteiger partial charge in [0.2, 0.25) is 0 Å². The Balaban J connectivity index is 1.81. The fourth-order valence-electron chi connectivity index (χ4n) is 4.04. The molecule has 0 amide bonds. The van der Waals surface area contributed by atoms with Crippen LogP contribution in [0.3, 0.4) is 0 Å². The van der Waals surface area contributed by atoms with Gasteiger partial charge < -0.3 is 5.32 Å². The van der Waals surface area contributed by atoms with E-state index < -0.39 is 0 Å². The maximum atomic E-state index is 3.65. The van der Waals surface area contributed by atoms with Crippen LogP contribution < -0.4 is 5.32 Å². The first kappa shape index (κ1) is 13.4. The average molecular weight is 237 g/mol. The van der Waals surface area contributed by atoms with Crippen LogP contribution in [-0.4, -0.2) is 13.1 Å². The van der Waals surface area contributed by atoms with E-state index in [4.69, 9.17) is 0 Å². The smallest absolute Gasteiger partial charge is 0.00949 e. The molecule has 1 N–H and O–H groups in total. The van der Waals surface area contributed by atoms with Gasteiger partial charge in [-0.05, 0) is 38.1 Å². The quantitative estimate of drug-likeness (QED) is 0.709. The Morgan fingerprint density at radius 3 is 1.94 bits per heavy atom. The largest absolute Gasteiger partial charge is 0.317 e. The summed E-state index contributed by atoms with van der Waals surface area (Å²) in [6.45, 7) is 0. The Morgan fingerprint density at radius 2 is 1.35 bits per heavy atom. The number of nitrogens with one attached hydrogen (secondary N) is 1. The zero-order valence-electron chi connectivity index (χ0n) is 11.7. The van der Waals surface area contributed by atoms with Crippen LogP contribution in [0.2, 0.25) is 0 Å². The lowest BCUT2D eigenvalue weighted by Crippen LogP contribution is -2.35. The van der Waals surface area contributed by atoms with Gasteiger partial charge in [-0.1, -0.05) is 57.8 Å². The maximum Gasteiger partial charge on any atom is 0.00949 e. The molecule has 2 fully saturated rings. The fourth-order valence-corrected chi connectivity index (χ4v) is 4.04. The predicted molar refractivity (Wildman–Crippen MR) is 75.2 cm³/mol. The molecule has 0 heterocycles. The van der Waals surface area contributed by atoms with Crippen LogP contribution >= 0.6 is 0 Å². The summed E-state index contributed by atoms with van der Waals surface area (Å²) in [6, 6.07) is 0.816. The molecule has 17 heavy (non-hydrogen) atoms. The van der Waals surface area contributed by atoms with Gasteiger partial charge in [-0.3, -0.25) is 0 Å². The van der Waals surface area contributed by atoms with E-state index in [1.807, 2.05) is 0 Å². The first-order chi connectivity index (χ1) is 8.40. The molecular weight excluding hydrogens is 206 g/mol. The van der Waals surface area contributed by atoms with Gasteiger partial charge in [0.25, 0.3) is 0 Å². The minimum atomic E-state index is 0.816. The van der Waals surface area contributed by atoms with Gasteiger partial charge in [0, 0.05) is 6.04 Å². The van der Waals surface area contributed by atoms with Crippen LogP contribution in [0.15, 0.2) is 0 Å². The van der Waals surface area contributed by atoms with Crippen molar-refractivity contribution < 1.29 is 0 Å². The summed E-state index contributed by atoms with van der Waals surface area (Å²) in [4.78, 5) is 0. The molecule has 0 aromatic heterocycles. The molecule has 1 atom stereocenters. The van der Waals surface area contributed by atoms with Gasteiger partial charge in [0.1, 0.15) is 0 Å². The van der Waals surface area contributed by atoms with E-state index in [2.05, 4.69) is 12.4 Å². The van der Waals surface area contributed by atoms with Crippen molar-refractivity contribution in [2.24, 2.45) is 11.8 Å². The molecule has 100 valence electrons. The first-order valence-electron chi connectivity index (χ1n) is 8.07. The Morgan fingerprint density at radius 1 is 0.824 bits per heavy atom. The van der Waals surface area contributed by atoms with E-state index in [0.717, 1.165) is 17.9 Å². The second kappa shape index (κ2) is 7.41. The van der Waals surface area contributed by atoms with Crippen molar-refractivity contribution in [1.82, 2.24) is 5.32 Å². The summed E-state index contributed by atoms with van der Waals surface area (Å²) in [7, 11) is 2.19. The van der Waals surface area contributed by atoms with Gasteiger partial charge in [0.15, 0.2) is 0 Å². The van der Waals surface area contributed by atoms with E-state index >= 15 is 0 Å². The molecule has 1 unspecified atom stereocenters. The Bertz CT molecular complexity index is 188. The SMILES string of the molecule is CNC(CC1CCCCC1)C1CCCCCC1. The van der Waals surface area contributed by atoms with E-state index in [-0.39, 0.29) is 0 Å². The normalized spacial score (nSPS) is 26.6. The van der Waals surface area contributed by atoms with E-state index in [0.29, 0.717) is 0 Å². The van der Waals surface area contributed by atoms with Crippen molar-refractivity contribution in [3.63, 3.8) is 0 Å². The van der Waals surface area contributed by atoms with Crippen LogP contribution in [-0.2, 0) is 0 Å². The van der Waals surface area contributed by atoms with Gasteiger partial charge in [-0.2, -0.15) is 0 Å². The van der Waals surface area contributed by atoms with Crippen molar-refractivity contribution in [3.8, 4) is 0 Å². The molecular formula is C16H31N. The average Bonchev–Trinajstić information content (AvgIpc) is 2.66. The van der Waals surface area contributed by atoms with Crippen LogP contribution in [0.25, 0.3) is 0 Å². The standard InChI is InChI=1S/C16H31N/c1-17-16(13-14-9-5-4-6-10-14)15-11-7-2-3-8-12-15/h14-17H,2-13H2,1H3. The zero-order chi connectivity index (χ0) is 11.9. The molecule has 0 bridgehead atoms. The highest BCUT2D eigenvalue weighted by atomic mass is 14.9. The summed E-state index contributed by atoms with van der Waals surface area (Å²) in [5, 5.41) is 3.65. The second-order valence-corrected chi connectivity index (χ2v) is 6.39. The summed E-state index contributed by atoms with van der Waals surface area (Å²) in [6.07, 6.45) is 17.8. The number of hydrogen-bond donors (Lipinski definition) is 1. The molecule has 0 radical (unpaired) electrons. The van der Waals surface area contributed by atoms with Crippen molar-refractivity contribution in [2.45, 2.75) is 83.1 Å². The Kier molecular flexibility index (Phi) is 5.84. The van der Waals surface area contributed by atoms with Gasteiger partial charge >= 0.3 is 0 Å². The number of hydrogen-bond acceptors (Lipinski definition) is 1. The molecule has 2 rings (SSSR count). The van der Waals surface area contributed by atoms with Crippen molar-refractivity contribution in [3.05, 3.63) is 0 Å². The Labute approximate surface area is 108 Å². The highest BCUT2D eigenvalue weighted by molar-refractivity contribution is 4.81. The lowest BCUT2D eigenvalue weighted by Gasteiger charge is -2.31. The van der Waals surface area contributed by atoms with Crippen molar-refractivity contribution in [2.75, 3.05) is 7.05 Å². The zero-order valence-corrected chi connectivity index (χ0v) is 11.7. The molecule has 2 aliphatic rings. The predicted octanol–water partition coefficient (Wildman–Crippen LogP) is 4.52. The summed E-state index contributed by atoms with van der Waals surface area (Å²) < 4.78 is 0. The third-order valence-corrected chi connectivity index (χ3v) is 5.15. The van der Waals surface area contributed by atoms with Gasteiger partial charge in [-0.25, -0.2) is 0 Å². The second-order valence-electron chi connectivity index (χ2n) is 6.39. The lowest BCUT2D eigenvalue weighted by molar-refractivity contribution is 0.243. The molecule has 0 aliphatic heterocycles. The fraction of sp³-hybridized carbons (Fsp3) is 1.00. The molecule has 2 aliphatic carbocycles. The maximum absolute atomic E-state index is 3.65. The van der Waals surface area contributed by atoms with Gasteiger partial charge in [0.05, 0.1) is 0 Å². The summed E-state index contributed by atoms with van der Waals surface area (Å²) >= 11 is 0. The summed E-state index contributed by atoms with van der Waals surface area (Å²) in [5.41, 5.74) is 0. The summed E-state index contributed by atoms with van der Waals surface area (Å²) in [5.74, 6) is 2.01. The minimum Gasteiger partial charge on any atom is -0.317 e. The van der Waals surface area contributed by atoms with Crippen LogP contribution in [0.5, 0.6) is 0 Å². The molecule has 1 heteroatoms. The molecule has 0 aromatic rings. The third-order valence-electron chi connectivity index (χ3n) is 5.15. The Hall–Kier alpha value is -0.0400. The monoisotopic (exact) mass is 237 g/mol. The molecule has 0 spiro atoms.